The third kappa shape index (κ3) is 7.19. The molecule has 3 rings (SSSR count). The molecule has 1 aromatic carbocycles. The Morgan fingerprint density at radius 1 is 0.714 bits per heavy atom. The molecule has 0 atom stereocenters. The summed E-state index contributed by atoms with van der Waals surface area (Å²) in [6.45, 7) is 14.6. The number of sulfone groups is 2. The molecule has 42 heavy (non-hydrogen) atoms. The van der Waals surface area contributed by atoms with Crippen LogP contribution in [0.3, 0.4) is 0 Å². The highest BCUT2D eigenvalue weighted by molar-refractivity contribution is 8.00. The van der Waals surface area contributed by atoms with Gasteiger partial charge in [-0.25, -0.2) is 16.8 Å². The molecular weight excluding hydrogens is 606 g/mol. The summed E-state index contributed by atoms with van der Waals surface area (Å²) in [5, 5.41) is 7.82. The maximum atomic E-state index is 13.0. The second kappa shape index (κ2) is 13.5. The average molecular weight is 644 g/mol. The Morgan fingerprint density at radius 2 is 1.24 bits per heavy atom. The van der Waals surface area contributed by atoms with E-state index in [4.69, 9.17) is 5.41 Å². The van der Waals surface area contributed by atoms with Gasteiger partial charge in [0.2, 0.25) is 0 Å². The number of halogens is 6. The predicted octanol–water partition coefficient (Wildman–Crippen LogP) is 7.41. The standard InChI is InChI=1S/C15H7F6NO4S2.C13H30N/c16-14(17,18)27(23,24)11-6-9-8-4-2-1-3-7(8)5-10(9)12(22)13(11)28(25,26)15(19,20)21;1-5-9-10-11-12-13-14(6-2,7-3)8-4/h1-6,22H;5-13H2,1-4H3/q;+1. The number of quaternary nitrogens is 1. The zero-order valence-corrected chi connectivity index (χ0v) is 25.6. The van der Waals surface area contributed by atoms with Crippen molar-refractivity contribution >= 4 is 37.0 Å². The quantitative estimate of drug-likeness (QED) is 0.154. The van der Waals surface area contributed by atoms with Crippen molar-refractivity contribution in [1.82, 2.24) is 0 Å². The third-order valence-electron chi connectivity index (χ3n) is 7.75. The molecule has 0 radical (unpaired) electrons. The van der Waals surface area contributed by atoms with Crippen molar-refractivity contribution in [2.75, 3.05) is 26.2 Å². The van der Waals surface area contributed by atoms with E-state index in [1.807, 2.05) is 0 Å². The molecule has 1 aromatic rings. The van der Waals surface area contributed by atoms with Crippen LogP contribution in [0, 0.1) is 5.41 Å². The normalized spacial score (nSPS) is 15.9. The molecule has 6 nitrogen and oxygen atoms in total. The lowest BCUT2D eigenvalue weighted by molar-refractivity contribution is -0.923. The molecule has 1 N–H and O–H groups in total. The molecule has 14 heteroatoms. The summed E-state index contributed by atoms with van der Waals surface area (Å²) in [7, 11) is -13.1. The maximum Gasteiger partial charge on any atom is 0.502 e. The average Bonchev–Trinajstić information content (AvgIpc) is 3.29. The Hall–Kier alpha value is -2.45. The Kier molecular flexibility index (Phi) is 11.5. The number of alkyl halides is 6. The Labute approximate surface area is 243 Å². The number of fused-ring (bicyclic) bond motifs is 3. The van der Waals surface area contributed by atoms with Crippen LogP contribution < -0.4 is 0 Å². The number of nitrogens with zero attached hydrogens (tertiary/aromatic N) is 1. The highest BCUT2D eigenvalue weighted by Crippen LogP contribution is 2.47. The summed E-state index contributed by atoms with van der Waals surface area (Å²) in [4.78, 5) is -4.38. The van der Waals surface area contributed by atoms with Gasteiger partial charge in [0.25, 0.3) is 19.7 Å². The molecule has 0 heterocycles. The first kappa shape index (κ1) is 35.7. The van der Waals surface area contributed by atoms with E-state index in [0.717, 1.165) is 6.08 Å². The molecule has 0 fully saturated rings. The van der Waals surface area contributed by atoms with Gasteiger partial charge in [-0.05, 0) is 62.5 Å². The van der Waals surface area contributed by atoms with E-state index in [2.05, 4.69) is 27.7 Å². The van der Waals surface area contributed by atoms with Crippen molar-refractivity contribution in [1.29, 1.82) is 5.41 Å². The summed E-state index contributed by atoms with van der Waals surface area (Å²) < 4.78 is 127. The smallest absolute Gasteiger partial charge is 0.324 e. The van der Waals surface area contributed by atoms with Gasteiger partial charge in [0.1, 0.15) is 4.91 Å². The number of hydrogen-bond donors (Lipinski definition) is 1. The van der Waals surface area contributed by atoms with Gasteiger partial charge < -0.3 is 4.48 Å². The van der Waals surface area contributed by atoms with E-state index in [1.165, 1.54) is 87.0 Å². The Balaban J connectivity index is 0.000000374. The predicted molar refractivity (Wildman–Crippen MR) is 153 cm³/mol. The van der Waals surface area contributed by atoms with Crippen LogP contribution in [-0.4, -0.2) is 64.2 Å². The molecule has 0 amide bonds. The zero-order chi connectivity index (χ0) is 32.1. The summed E-state index contributed by atoms with van der Waals surface area (Å²) >= 11 is 0. The summed E-state index contributed by atoms with van der Waals surface area (Å²) in [5.74, 6) is 0. The highest BCUT2D eigenvalue weighted by Gasteiger charge is 2.57. The minimum Gasteiger partial charge on any atom is -0.324 e. The van der Waals surface area contributed by atoms with Crippen LogP contribution in [0.15, 0.2) is 45.7 Å². The van der Waals surface area contributed by atoms with Gasteiger partial charge in [-0.3, -0.25) is 5.41 Å². The molecule has 0 aromatic heterocycles. The Bertz CT molecular complexity index is 1460. The molecular formula is C28H37F6N2O4S2+. The van der Waals surface area contributed by atoms with Gasteiger partial charge in [-0.15, -0.1) is 0 Å². The van der Waals surface area contributed by atoms with Crippen LogP contribution in [-0.2, 0) is 19.7 Å². The van der Waals surface area contributed by atoms with Crippen molar-refractivity contribution in [3.05, 3.63) is 56.9 Å². The van der Waals surface area contributed by atoms with E-state index in [0.29, 0.717) is 0 Å². The first-order valence-corrected chi connectivity index (χ1v) is 16.7. The lowest BCUT2D eigenvalue weighted by Gasteiger charge is -2.35. The SMILES string of the molecule is CCCCCCC[N+](CC)(CC)CC.N=C1C2=Cc3ccccc3C2=CC(S(=O)(=O)C(F)(F)F)=C1S(=O)(=O)C(F)(F)F. The molecule has 0 bridgehead atoms. The van der Waals surface area contributed by atoms with Crippen molar-refractivity contribution in [3.8, 4) is 0 Å². The molecule has 0 unspecified atom stereocenters. The van der Waals surface area contributed by atoms with E-state index in [9.17, 15) is 43.2 Å². The van der Waals surface area contributed by atoms with Crippen molar-refractivity contribution in [2.24, 2.45) is 0 Å². The lowest BCUT2D eigenvalue weighted by Crippen LogP contribution is -2.48. The van der Waals surface area contributed by atoms with Crippen LogP contribution in [0.25, 0.3) is 11.6 Å². The fourth-order valence-electron chi connectivity index (χ4n) is 4.95. The van der Waals surface area contributed by atoms with Gasteiger partial charge in [-0.2, -0.15) is 26.3 Å². The second-order valence-corrected chi connectivity index (χ2v) is 13.9. The number of allylic oxidation sites excluding steroid dienone is 4. The largest absolute Gasteiger partial charge is 0.502 e. The molecule has 2 aliphatic rings. The van der Waals surface area contributed by atoms with Crippen LogP contribution in [0.1, 0.15) is 70.9 Å². The monoisotopic (exact) mass is 643 g/mol. The van der Waals surface area contributed by atoms with Crippen molar-refractivity contribution < 1.29 is 47.7 Å². The Morgan fingerprint density at radius 3 is 1.74 bits per heavy atom. The van der Waals surface area contributed by atoms with Crippen LogP contribution in [0.5, 0.6) is 0 Å². The van der Waals surface area contributed by atoms with E-state index in [1.54, 1.807) is 0 Å². The topological polar surface area (TPSA) is 92.1 Å². The second-order valence-electron chi connectivity index (χ2n) is 10.1. The maximum absolute atomic E-state index is 13.0. The first-order valence-electron chi connectivity index (χ1n) is 13.7. The van der Waals surface area contributed by atoms with Gasteiger partial charge in [0, 0.05) is 5.57 Å². The fourth-order valence-corrected chi connectivity index (χ4v) is 7.41. The number of nitrogens with one attached hydrogen (secondary N) is 1. The fraction of sp³-hybridized carbons (Fsp3) is 0.536. The summed E-state index contributed by atoms with van der Waals surface area (Å²) in [6, 6.07) is 5.69. The van der Waals surface area contributed by atoms with Crippen LogP contribution in [0.2, 0.25) is 0 Å². The number of unbranched alkanes of at least 4 members (excludes halogenated alkanes) is 4. The minimum atomic E-state index is -6.58. The van der Waals surface area contributed by atoms with Gasteiger partial charge in [-0.1, -0.05) is 50.5 Å². The molecule has 0 saturated heterocycles. The summed E-state index contributed by atoms with van der Waals surface area (Å²) in [5.41, 5.74) is -13.9. The van der Waals surface area contributed by atoms with Gasteiger partial charge in [0.05, 0.1) is 36.8 Å². The molecule has 0 aliphatic heterocycles. The first-order chi connectivity index (χ1) is 19.3. The lowest BCUT2D eigenvalue weighted by atomic mass is 9.95. The molecule has 2 aliphatic carbocycles. The van der Waals surface area contributed by atoms with Crippen LogP contribution in [0.4, 0.5) is 26.3 Å². The minimum absolute atomic E-state index is 0.153. The summed E-state index contributed by atoms with van der Waals surface area (Å²) in [6.07, 6.45) is 8.40. The van der Waals surface area contributed by atoms with E-state index < -0.39 is 51.8 Å². The van der Waals surface area contributed by atoms with Crippen molar-refractivity contribution in [3.63, 3.8) is 0 Å². The zero-order valence-electron chi connectivity index (χ0n) is 24.0. The van der Waals surface area contributed by atoms with Crippen molar-refractivity contribution in [2.45, 2.75) is 70.8 Å². The molecule has 0 spiro atoms. The van der Waals surface area contributed by atoms with E-state index >= 15 is 0 Å². The third-order valence-corrected chi connectivity index (χ3v) is 11.0. The molecule has 236 valence electrons. The van der Waals surface area contributed by atoms with Crippen LogP contribution >= 0.6 is 0 Å². The van der Waals surface area contributed by atoms with Gasteiger partial charge in [0.15, 0.2) is 0 Å². The van der Waals surface area contributed by atoms with Gasteiger partial charge >= 0.3 is 11.0 Å². The number of benzene rings is 1. The number of hydrogen-bond acceptors (Lipinski definition) is 5. The number of rotatable bonds is 11. The molecule has 0 saturated carbocycles. The highest BCUT2D eigenvalue weighted by atomic mass is 32.2. The van der Waals surface area contributed by atoms with E-state index in [-0.39, 0.29) is 22.8 Å².